The van der Waals surface area contributed by atoms with E-state index in [9.17, 15) is 4.79 Å². The molecule has 0 spiro atoms. The fourth-order valence-electron chi connectivity index (χ4n) is 3.34. The first kappa shape index (κ1) is 24.3. The van der Waals surface area contributed by atoms with E-state index in [0.717, 1.165) is 22.0 Å². The Hall–Kier alpha value is -3.33. The van der Waals surface area contributed by atoms with E-state index < -0.39 is 5.97 Å². The highest BCUT2D eigenvalue weighted by Gasteiger charge is 2.14. The maximum absolute atomic E-state index is 10.7. The van der Waals surface area contributed by atoms with Gasteiger partial charge in [0.25, 0.3) is 0 Å². The van der Waals surface area contributed by atoms with Gasteiger partial charge in [0.15, 0.2) is 0 Å². The first-order valence-electron chi connectivity index (χ1n) is 10.4. The summed E-state index contributed by atoms with van der Waals surface area (Å²) < 4.78 is 5.66. The minimum absolute atomic E-state index is 0.00873. The van der Waals surface area contributed by atoms with Crippen LogP contribution in [0.1, 0.15) is 37.0 Å². The van der Waals surface area contributed by atoms with E-state index in [1.165, 1.54) is 0 Å². The van der Waals surface area contributed by atoms with Gasteiger partial charge in [0.2, 0.25) is 5.90 Å². The Morgan fingerprint density at radius 1 is 1.33 bits per heavy atom. The summed E-state index contributed by atoms with van der Waals surface area (Å²) in [5.41, 5.74) is 3.69. The second-order valence-corrected chi connectivity index (χ2v) is 8.06. The number of aromatic nitrogens is 1. The number of nitrogens with zero attached hydrogens (tertiary/aromatic N) is 1. The van der Waals surface area contributed by atoms with Crippen molar-refractivity contribution in [2.45, 2.75) is 32.9 Å². The SMILES string of the molecule is C=C(/N=C(\ON)c1ccc(OC(C)C)c(Cl)c1)c1cccc2c(CNCCC(=O)O)c[nH]c12. The summed E-state index contributed by atoms with van der Waals surface area (Å²) in [6, 6.07) is 11.0. The zero-order chi connectivity index (χ0) is 24.0. The Morgan fingerprint density at radius 3 is 2.79 bits per heavy atom. The summed E-state index contributed by atoms with van der Waals surface area (Å²) in [5.74, 6) is 5.39. The summed E-state index contributed by atoms with van der Waals surface area (Å²) in [6.07, 6.45) is 1.94. The fraction of sp³-hybridized carbons (Fsp3) is 0.250. The molecule has 9 heteroatoms. The second-order valence-electron chi connectivity index (χ2n) is 7.66. The second kappa shape index (κ2) is 11.0. The molecule has 0 aliphatic rings. The third-order valence-corrected chi connectivity index (χ3v) is 5.13. The van der Waals surface area contributed by atoms with Crippen molar-refractivity contribution in [1.82, 2.24) is 10.3 Å². The van der Waals surface area contributed by atoms with E-state index >= 15 is 0 Å². The van der Waals surface area contributed by atoms with Gasteiger partial charge in [-0.15, -0.1) is 0 Å². The molecule has 5 N–H and O–H groups in total. The summed E-state index contributed by atoms with van der Waals surface area (Å²) in [4.78, 5) is 23.5. The monoisotopic (exact) mass is 470 g/mol. The lowest BCUT2D eigenvalue weighted by molar-refractivity contribution is -0.136. The van der Waals surface area contributed by atoms with Gasteiger partial charge in [-0.25, -0.2) is 4.99 Å². The Balaban J connectivity index is 1.84. The Bertz CT molecular complexity index is 1190. The van der Waals surface area contributed by atoms with Crippen LogP contribution >= 0.6 is 11.6 Å². The highest BCUT2D eigenvalue weighted by atomic mass is 35.5. The van der Waals surface area contributed by atoms with Crippen LogP contribution in [0.2, 0.25) is 5.02 Å². The van der Waals surface area contributed by atoms with Crippen LogP contribution in [0, 0.1) is 0 Å². The molecule has 8 nitrogen and oxygen atoms in total. The number of hydrogen-bond acceptors (Lipinski definition) is 6. The summed E-state index contributed by atoms with van der Waals surface area (Å²) in [7, 11) is 0. The largest absolute Gasteiger partial charge is 0.489 e. The van der Waals surface area contributed by atoms with E-state index in [1.54, 1.807) is 18.2 Å². The number of benzene rings is 2. The van der Waals surface area contributed by atoms with Crippen LogP contribution in [-0.4, -0.2) is 34.6 Å². The molecule has 2 aromatic carbocycles. The highest BCUT2D eigenvalue weighted by Crippen LogP contribution is 2.29. The van der Waals surface area contributed by atoms with Crippen LogP contribution in [0.5, 0.6) is 5.75 Å². The fourth-order valence-corrected chi connectivity index (χ4v) is 3.57. The normalized spacial score (nSPS) is 11.7. The molecule has 0 bridgehead atoms. The van der Waals surface area contributed by atoms with Gasteiger partial charge in [-0.2, -0.15) is 5.90 Å². The third kappa shape index (κ3) is 6.13. The number of carboxylic acids is 1. The van der Waals surface area contributed by atoms with E-state index in [4.69, 9.17) is 32.2 Å². The molecule has 33 heavy (non-hydrogen) atoms. The van der Waals surface area contributed by atoms with Crippen LogP contribution in [0.15, 0.2) is 54.2 Å². The molecule has 0 amide bonds. The number of nitrogens with two attached hydrogens (primary N) is 1. The minimum atomic E-state index is -0.834. The Kier molecular flexibility index (Phi) is 8.11. The van der Waals surface area contributed by atoms with Crippen molar-refractivity contribution in [3.05, 3.63) is 70.9 Å². The summed E-state index contributed by atoms with van der Waals surface area (Å²) >= 11 is 6.34. The number of ether oxygens (including phenoxy) is 1. The van der Waals surface area contributed by atoms with Gasteiger partial charge in [0, 0.05) is 35.8 Å². The highest BCUT2D eigenvalue weighted by molar-refractivity contribution is 6.32. The first-order valence-corrected chi connectivity index (χ1v) is 10.8. The van der Waals surface area contributed by atoms with Crippen molar-refractivity contribution in [2.24, 2.45) is 10.9 Å². The number of nitrogens with one attached hydrogen (secondary N) is 2. The maximum atomic E-state index is 10.7. The predicted octanol–water partition coefficient (Wildman–Crippen LogP) is 4.48. The molecule has 0 fully saturated rings. The van der Waals surface area contributed by atoms with Crippen LogP contribution in [0.4, 0.5) is 0 Å². The molecule has 3 rings (SSSR count). The molecule has 0 saturated carbocycles. The van der Waals surface area contributed by atoms with Gasteiger partial charge in [-0.3, -0.25) is 4.79 Å². The molecule has 0 aliphatic carbocycles. The zero-order valence-electron chi connectivity index (χ0n) is 18.5. The van der Waals surface area contributed by atoms with Gasteiger partial charge in [-0.05, 0) is 37.6 Å². The third-order valence-electron chi connectivity index (χ3n) is 4.83. The van der Waals surface area contributed by atoms with Gasteiger partial charge in [0.05, 0.1) is 28.8 Å². The van der Waals surface area contributed by atoms with Crippen LogP contribution in [0.3, 0.4) is 0 Å². The summed E-state index contributed by atoms with van der Waals surface area (Å²) in [6.45, 7) is 8.85. The van der Waals surface area contributed by atoms with Gasteiger partial charge >= 0.3 is 5.97 Å². The van der Waals surface area contributed by atoms with Crippen molar-refractivity contribution < 1.29 is 19.5 Å². The number of para-hydroxylation sites is 1. The first-order chi connectivity index (χ1) is 15.8. The molecule has 0 saturated heterocycles. The van der Waals surface area contributed by atoms with Crippen LogP contribution in [0.25, 0.3) is 16.6 Å². The number of carboxylic acid groups (broad SMARTS) is 1. The molecule has 0 atom stereocenters. The number of hydrogen-bond donors (Lipinski definition) is 4. The number of H-pyrrole nitrogens is 1. The van der Waals surface area contributed by atoms with Crippen LogP contribution in [-0.2, 0) is 16.2 Å². The minimum Gasteiger partial charge on any atom is -0.489 e. The van der Waals surface area contributed by atoms with Gasteiger partial charge in [-0.1, -0.05) is 36.4 Å². The molecular formula is C24H27ClN4O4. The Labute approximate surface area is 197 Å². The van der Waals surface area contributed by atoms with Gasteiger partial charge in [0.1, 0.15) is 5.75 Å². The Morgan fingerprint density at radius 2 is 2.12 bits per heavy atom. The lowest BCUT2D eigenvalue weighted by Gasteiger charge is -2.13. The van der Waals surface area contributed by atoms with E-state index in [1.807, 2.05) is 38.2 Å². The number of aliphatic carboxylic acids is 1. The summed E-state index contributed by atoms with van der Waals surface area (Å²) in [5, 5.41) is 13.3. The quantitative estimate of drug-likeness (QED) is 0.150. The topological polar surface area (TPSA) is 122 Å². The molecule has 0 radical (unpaired) electrons. The van der Waals surface area contributed by atoms with Crippen molar-refractivity contribution >= 4 is 40.1 Å². The molecule has 1 heterocycles. The average molecular weight is 471 g/mol. The molecular weight excluding hydrogens is 444 g/mol. The number of halogens is 1. The van der Waals surface area contributed by atoms with Crippen molar-refractivity contribution in [3.63, 3.8) is 0 Å². The maximum Gasteiger partial charge on any atom is 0.304 e. The molecule has 174 valence electrons. The lowest BCUT2D eigenvalue weighted by Crippen LogP contribution is -2.17. The average Bonchev–Trinajstić information content (AvgIpc) is 3.19. The number of aliphatic imine (C=N–C) groups is 1. The molecule has 0 unspecified atom stereocenters. The van der Waals surface area contributed by atoms with Crippen molar-refractivity contribution in [1.29, 1.82) is 0 Å². The smallest absolute Gasteiger partial charge is 0.304 e. The van der Waals surface area contributed by atoms with Crippen molar-refractivity contribution in [2.75, 3.05) is 6.54 Å². The van der Waals surface area contributed by atoms with E-state index in [0.29, 0.717) is 35.1 Å². The standard InChI is InChI=1S/C24H27ClN4O4/c1-14(2)32-21-8-7-16(11-20(21)25)24(33-26)29-15(3)18-5-4-6-19-17(13-28-23(18)19)12-27-10-9-22(30)31/h4-8,11,13-14,27-28H,3,9-10,12,26H2,1-2H3,(H,30,31)/b29-24-. The van der Waals surface area contributed by atoms with Crippen molar-refractivity contribution in [3.8, 4) is 5.75 Å². The molecule has 0 aliphatic heterocycles. The number of aromatic amines is 1. The number of carbonyl (C=O) groups is 1. The van der Waals surface area contributed by atoms with Crippen LogP contribution < -0.4 is 16.0 Å². The molecule has 3 aromatic rings. The lowest BCUT2D eigenvalue weighted by atomic mass is 10.1. The number of fused-ring (bicyclic) bond motifs is 1. The number of rotatable bonds is 10. The van der Waals surface area contributed by atoms with Gasteiger partial charge < -0.3 is 25.0 Å². The predicted molar refractivity (Wildman–Crippen MR) is 130 cm³/mol. The van der Waals surface area contributed by atoms with E-state index in [2.05, 4.69) is 21.9 Å². The molecule has 1 aromatic heterocycles. The zero-order valence-corrected chi connectivity index (χ0v) is 19.3. The van der Waals surface area contributed by atoms with E-state index in [-0.39, 0.29) is 18.4 Å².